The zero-order valence-corrected chi connectivity index (χ0v) is 28.5. The summed E-state index contributed by atoms with van der Waals surface area (Å²) in [6, 6.07) is 40.1. The highest BCUT2D eigenvalue weighted by Gasteiger charge is 2.40. The first-order chi connectivity index (χ1) is 24.4. The molecule has 0 aromatic heterocycles. The van der Waals surface area contributed by atoms with Gasteiger partial charge in [0.15, 0.2) is 0 Å². The van der Waals surface area contributed by atoms with E-state index >= 15 is 0 Å². The molecule has 2 aliphatic rings. The van der Waals surface area contributed by atoms with Crippen LogP contribution < -0.4 is 20.9 Å². The molecule has 254 valence electrons. The van der Waals surface area contributed by atoms with E-state index in [9.17, 15) is 14.4 Å². The van der Waals surface area contributed by atoms with Gasteiger partial charge >= 0.3 is 0 Å². The molecule has 0 bridgehead atoms. The summed E-state index contributed by atoms with van der Waals surface area (Å²) < 4.78 is 0. The number of amides is 3. The van der Waals surface area contributed by atoms with Gasteiger partial charge in [-0.15, -0.1) is 0 Å². The molecule has 3 amide bonds. The van der Waals surface area contributed by atoms with Gasteiger partial charge in [-0.2, -0.15) is 0 Å². The Bertz CT molecular complexity index is 2010. The van der Waals surface area contributed by atoms with Crippen LogP contribution in [0.4, 0.5) is 17.1 Å². The minimum Gasteiger partial charge on any atom is -0.369 e. The van der Waals surface area contributed by atoms with Gasteiger partial charge in [0, 0.05) is 17.5 Å². The smallest absolute Gasteiger partial charge is 0.251 e. The number of hydrogen-bond acceptors (Lipinski definition) is 4. The fraction of sp³-hybridized carbons (Fsp3) is 0.279. The normalized spacial score (nSPS) is 17.1. The number of carbonyl (C=O) groups excluding carboxylic acids is 3. The van der Waals surface area contributed by atoms with Crippen molar-refractivity contribution >= 4 is 45.6 Å². The zero-order chi connectivity index (χ0) is 34.6. The van der Waals surface area contributed by atoms with Crippen molar-refractivity contribution in [3.8, 4) is 11.1 Å². The number of primary amides is 1. The van der Waals surface area contributed by atoms with Gasteiger partial charge in [-0.05, 0) is 82.6 Å². The van der Waals surface area contributed by atoms with Crippen LogP contribution >= 0.6 is 0 Å². The van der Waals surface area contributed by atoms with Crippen molar-refractivity contribution in [3.05, 3.63) is 127 Å². The van der Waals surface area contributed by atoms with Gasteiger partial charge in [-0.1, -0.05) is 111 Å². The van der Waals surface area contributed by atoms with E-state index in [1.807, 2.05) is 85.8 Å². The van der Waals surface area contributed by atoms with E-state index in [-0.39, 0.29) is 18.4 Å². The fourth-order valence-corrected chi connectivity index (χ4v) is 7.41. The first-order valence-corrected chi connectivity index (χ1v) is 17.8. The van der Waals surface area contributed by atoms with Gasteiger partial charge < -0.3 is 20.9 Å². The number of anilines is 3. The van der Waals surface area contributed by atoms with E-state index in [0.29, 0.717) is 25.3 Å². The quantitative estimate of drug-likeness (QED) is 0.141. The highest BCUT2D eigenvalue weighted by molar-refractivity contribution is 6.04. The molecule has 0 spiro atoms. The number of para-hydroxylation sites is 3. The molecule has 7 heteroatoms. The van der Waals surface area contributed by atoms with E-state index in [4.69, 9.17) is 5.73 Å². The van der Waals surface area contributed by atoms with Gasteiger partial charge in [-0.3, -0.25) is 14.4 Å². The van der Waals surface area contributed by atoms with Crippen LogP contribution in [0.2, 0.25) is 0 Å². The molecule has 3 atom stereocenters. The number of fused-ring (bicyclic) bond motifs is 2. The molecule has 5 aromatic carbocycles. The number of hydrogen-bond donors (Lipinski definition) is 2. The van der Waals surface area contributed by atoms with E-state index in [1.54, 1.807) is 4.90 Å². The summed E-state index contributed by atoms with van der Waals surface area (Å²) >= 11 is 0. The van der Waals surface area contributed by atoms with E-state index in [2.05, 4.69) is 52.7 Å². The van der Waals surface area contributed by atoms with Crippen molar-refractivity contribution in [1.29, 1.82) is 0 Å². The average molecular weight is 665 g/mol. The average Bonchev–Trinajstić information content (AvgIpc) is 3.98. The summed E-state index contributed by atoms with van der Waals surface area (Å²) in [7, 11) is 0. The predicted octanol–water partition coefficient (Wildman–Crippen LogP) is 7.99. The molecule has 1 aliphatic carbocycles. The Balaban J connectivity index is 1.25. The summed E-state index contributed by atoms with van der Waals surface area (Å²) in [5.74, 6) is -1.66. The zero-order valence-electron chi connectivity index (χ0n) is 28.5. The maximum atomic E-state index is 14.8. The molecule has 50 heavy (non-hydrogen) atoms. The summed E-state index contributed by atoms with van der Waals surface area (Å²) in [5, 5.41) is 5.52. The Kier molecular flexibility index (Phi) is 9.65. The molecule has 3 N–H and O–H groups in total. The number of nitrogens with two attached hydrogens (primary N) is 1. The summed E-state index contributed by atoms with van der Waals surface area (Å²) in [5.41, 5.74) is 11.6. The van der Waals surface area contributed by atoms with Crippen molar-refractivity contribution in [2.24, 2.45) is 23.5 Å². The highest BCUT2D eigenvalue weighted by Crippen LogP contribution is 2.40. The van der Waals surface area contributed by atoms with Crippen molar-refractivity contribution in [3.63, 3.8) is 0 Å². The lowest BCUT2D eigenvalue weighted by Crippen LogP contribution is -2.54. The van der Waals surface area contributed by atoms with E-state index in [0.717, 1.165) is 53.0 Å². The fourth-order valence-electron chi connectivity index (χ4n) is 7.41. The first-order valence-electron chi connectivity index (χ1n) is 17.8. The van der Waals surface area contributed by atoms with Crippen LogP contribution in [0.5, 0.6) is 0 Å². The Morgan fingerprint density at radius 3 is 2.22 bits per heavy atom. The standard InChI is InChI=1S/C43H44N4O3/c1-2-11-36(41(44)48)37(25-29-20-21-29)42(49)45-38-28-46(35-16-4-3-5-17-35)39-18-8-9-19-40(39)47(43(38)50)27-30-12-10-15-32(24-30)34-23-22-31-13-6-7-14-33(31)26-34/h3-10,12-19,22-24,26,29,36-38H,2,11,20-21,25,27-28H2,1H3,(H2,44,48)(H,45,49). The van der Waals surface area contributed by atoms with Crippen molar-refractivity contribution in [2.45, 2.75) is 51.6 Å². The second kappa shape index (κ2) is 14.6. The molecule has 3 unspecified atom stereocenters. The third kappa shape index (κ3) is 7.13. The van der Waals surface area contributed by atoms with E-state index < -0.39 is 23.8 Å². The first kappa shape index (κ1) is 33.1. The maximum absolute atomic E-state index is 14.8. The third-order valence-corrected chi connectivity index (χ3v) is 10.2. The SMILES string of the molecule is CCCC(C(N)=O)C(CC1CC1)C(=O)NC1CN(c2ccccc2)c2ccccc2N(Cc2cccc(-c3ccc4ccccc4c3)c2)C1=O. The van der Waals surface area contributed by atoms with Crippen molar-refractivity contribution < 1.29 is 14.4 Å². The summed E-state index contributed by atoms with van der Waals surface area (Å²) in [6.07, 6.45) is 3.99. The lowest BCUT2D eigenvalue weighted by atomic mass is 9.83. The predicted molar refractivity (Wildman–Crippen MR) is 201 cm³/mol. The van der Waals surface area contributed by atoms with Gasteiger partial charge in [0.2, 0.25) is 11.8 Å². The summed E-state index contributed by atoms with van der Waals surface area (Å²) in [4.78, 5) is 45.6. The number of rotatable bonds is 12. The maximum Gasteiger partial charge on any atom is 0.251 e. The van der Waals surface area contributed by atoms with Crippen LogP contribution in [-0.2, 0) is 20.9 Å². The molecule has 1 heterocycles. The van der Waals surface area contributed by atoms with E-state index in [1.165, 1.54) is 10.8 Å². The van der Waals surface area contributed by atoms with Crippen LogP contribution in [0.3, 0.4) is 0 Å². The molecule has 7 nitrogen and oxygen atoms in total. The molecule has 0 saturated heterocycles. The monoisotopic (exact) mass is 664 g/mol. The summed E-state index contributed by atoms with van der Waals surface area (Å²) in [6.45, 7) is 2.56. The Labute approximate surface area is 294 Å². The van der Waals surface area contributed by atoms with Crippen molar-refractivity contribution in [1.82, 2.24) is 5.32 Å². The van der Waals surface area contributed by atoms with Crippen LogP contribution in [0, 0.1) is 17.8 Å². The molecule has 5 aromatic rings. The third-order valence-electron chi connectivity index (χ3n) is 10.2. The number of carbonyl (C=O) groups is 3. The van der Waals surface area contributed by atoms with Gasteiger partial charge in [-0.25, -0.2) is 0 Å². The minimum atomic E-state index is -0.865. The number of benzene rings is 5. The minimum absolute atomic E-state index is 0.198. The second-order valence-electron chi connectivity index (χ2n) is 13.8. The van der Waals surface area contributed by atoms with Crippen LogP contribution in [0.15, 0.2) is 121 Å². The Morgan fingerprint density at radius 1 is 0.780 bits per heavy atom. The Hall–Kier alpha value is -5.43. The topological polar surface area (TPSA) is 95.7 Å². The van der Waals surface area contributed by atoms with Crippen LogP contribution in [0.1, 0.15) is 44.6 Å². The van der Waals surface area contributed by atoms with Gasteiger partial charge in [0.05, 0.1) is 24.5 Å². The van der Waals surface area contributed by atoms with Crippen molar-refractivity contribution in [2.75, 3.05) is 16.3 Å². The molecule has 1 aliphatic heterocycles. The lowest BCUT2D eigenvalue weighted by Gasteiger charge is -2.29. The molecule has 1 saturated carbocycles. The molecule has 0 radical (unpaired) electrons. The van der Waals surface area contributed by atoms with Gasteiger partial charge in [0.25, 0.3) is 5.91 Å². The van der Waals surface area contributed by atoms with Crippen LogP contribution in [0.25, 0.3) is 21.9 Å². The lowest BCUT2D eigenvalue weighted by molar-refractivity contribution is -0.135. The highest BCUT2D eigenvalue weighted by atomic mass is 16.2. The molecule has 7 rings (SSSR count). The largest absolute Gasteiger partial charge is 0.369 e. The number of nitrogens with one attached hydrogen (secondary N) is 1. The Morgan fingerprint density at radius 2 is 1.48 bits per heavy atom. The molecule has 1 fully saturated rings. The van der Waals surface area contributed by atoms with Crippen LogP contribution in [-0.4, -0.2) is 30.3 Å². The molecular weight excluding hydrogens is 620 g/mol. The molecular formula is C43H44N4O3. The number of nitrogens with zero attached hydrogens (tertiary/aromatic N) is 2. The van der Waals surface area contributed by atoms with Gasteiger partial charge in [0.1, 0.15) is 6.04 Å². The second-order valence-corrected chi connectivity index (χ2v) is 13.8.